The van der Waals surface area contributed by atoms with Crippen molar-refractivity contribution in [1.82, 2.24) is 0 Å². The third kappa shape index (κ3) is 3.97. The lowest BCUT2D eigenvalue weighted by atomic mass is 10.1. The summed E-state index contributed by atoms with van der Waals surface area (Å²) in [6.45, 7) is 0. The van der Waals surface area contributed by atoms with Crippen molar-refractivity contribution in [3.8, 4) is 11.3 Å². The third-order valence-corrected chi connectivity index (χ3v) is 4.60. The van der Waals surface area contributed by atoms with E-state index in [4.69, 9.17) is 16.0 Å². The Morgan fingerprint density at radius 3 is 2.43 bits per heavy atom. The highest BCUT2D eigenvalue weighted by atomic mass is 35.5. The van der Waals surface area contributed by atoms with Crippen LogP contribution in [-0.4, -0.2) is 5.91 Å². The van der Waals surface area contributed by atoms with Crippen molar-refractivity contribution < 1.29 is 9.21 Å². The van der Waals surface area contributed by atoms with Crippen molar-refractivity contribution in [1.29, 1.82) is 0 Å². The molecule has 0 fully saturated rings. The molecule has 0 radical (unpaired) electrons. The van der Waals surface area contributed by atoms with Crippen LogP contribution < -0.4 is 10.7 Å². The average Bonchev–Trinajstić information content (AvgIpc) is 2.69. The van der Waals surface area contributed by atoms with E-state index in [1.54, 1.807) is 42.5 Å². The van der Waals surface area contributed by atoms with Gasteiger partial charge in [0.1, 0.15) is 11.3 Å². The minimum absolute atomic E-state index is 0.146. The molecule has 0 bridgehead atoms. The molecule has 1 N–H and O–H groups in total. The molecule has 4 aromatic rings. The molecule has 28 heavy (non-hydrogen) atoms. The first-order chi connectivity index (χ1) is 13.6. The second kappa shape index (κ2) is 7.71. The van der Waals surface area contributed by atoms with Gasteiger partial charge in [-0.2, -0.15) is 0 Å². The largest absolute Gasteiger partial charge is 0.456 e. The van der Waals surface area contributed by atoms with E-state index >= 15 is 0 Å². The molecule has 5 heteroatoms. The predicted octanol–water partition coefficient (Wildman–Crippen LogP) is 5.29. The van der Waals surface area contributed by atoms with E-state index in [1.165, 1.54) is 6.07 Å². The number of amides is 1. The maximum atomic E-state index is 12.6. The molecule has 1 aromatic heterocycles. The van der Waals surface area contributed by atoms with Gasteiger partial charge in [0, 0.05) is 22.3 Å². The number of hydrogen-bond acceptors (Lipinski definition) is 3. The number of nitrogens with one attached hydrogen (secondary N) is 1. The summed E-state index contributed by atoms with van der Waals surface area (Å²) in [6.07, 6.45) is 0.267. The van der Waals surface area contributed by atoms with Crippen LogP contribution in [-0.2, 0) is 11.2 Å². The predicted molar refractivity (Wildman–Crippen MR) is 112 cm³/mol. The van der Waals surface area contributed by atoms with Crippen LogP contribution in [0.2, 0.25) is 5.02 Å². The van der Waals surface area contributed by atoms with Gasteiger partial charge in [-0.15, -0.1) is 0 Å². The van der Waals surface area contributed by atoms with E-state index in [0.717, 1.165) is 11.1 Å². The molecule has 0 aliphatic heterocycles. The lowest BCUT2D eigenvalue weighted by molar-refractivity contribution is -0.115. The minimum atomic E-state index is -0.176. The monoisotopic (exact) mass is 389 g/mol. The summed E-state index contributed by atoms with van der Waals surface area (Å²) >= 11 is 5.91. The van der Waals surface area contributed by atoms with Gasteiger partial charge in [-0.05, 0) is 48.0 Å². The van der Waals surface area contributed by atoms with Gasteiger partial charge in [-0.3, -0.25) is 9.59 Å². The number of halogens is 1. The molecule has 0 saturated carbocycles. The quantitative estimate of drug-likeness (QED) is 0.515. The first kappa shape index (κ1) is 18.0. The van der Waals surface area contributed by atoms with Crippen LogP contribution in [0.5, 0.6) is 0 Å². The van der Waals surface area contributed by atoms with Crippen LogP contribution in [0.25, 0.3) is 22.3 Å². The fourth-order valence-corrected chi connectivity index (χ4v) is 3.10. The summed E-state index contributed by atoms with van der Waals surface area (Å²) in [5.41, 5.74) is 2.53. The van der Waals surface area contributed by atoms with Crippen molar-refractivity contribution in [3.63, 3.8) is 0 Å². The molecule has 0 aliphatic rings. The minimum Gasteiger partial charge on any atom is -0.456 e. The molecule has 0 saturated heterocycles. The highest BCUT2D eigenvalue weighted by Crippen LogP contribution is 2.25. The maximum Gasteiger partial charge on any atom is 0.228 e. The molecule has 4 nitrogen and oxygen atoms in total. The zero-order valence-corrected chi connectivity index (χ0v) is 15.6. The number of carbonyl (C=O) groups is 1. The van der Waals surface area contributed by atoms with Crippen LogP contribution in [0.4, 0.5) is 5.69 Å². The van der Waals surface area contributed by atoms with Gasteiger partial charge in [-0.25, -0.2) is 0 Å². The molecular weight excluding hydrogens is 374 g/mol. The van der Waals surface area contributed by atoms with Gasteiger partial charge >= 0.3 is 0 Å². The second-order valence-corrected chi connectivity index (χ2v) is 6.84. The van der Waals surface area contributed by atoms with Gasteiger partial charge in [0.05, 0.1) is 11.8 Å². The summed E-state index contributed by atoms with van der Waals surface area (Å²) in [7, 11) is 0. The highest BCUT2D eigenvalue weighted by molar-refractivity contribution is 6.30. The van der Waals surface area contributed by atoms with E-state index in [0.29, 0.717) is 27.4 Å². The fourth-order valence-electron chi connectivity index (χ4n) is 2.98. The molecule has 1 amide bonds. The van der Waals surface area contributed by atoms with Crippen molar-refractivity contribution in [2.45, 2.75) is 6.42 Å². The van der Waals surface area contributed by atoms with Crippen molar-refractivity contribution >= 4 is 34.2 Å². The number of hydrogen-bond donors (Lipinski definition) is 1. The normalized spacial score (nSPS) is 10.8. The number of rotatable bonds is 4. The standard InChI is InChI=1S/C23H16ClNO3/c24-17-8-6-16(7-9-17)22-14-20(26)19-13-18(10-11-21(19)28-22)25-23(27)12-15-4-2-1-3-5-15/h1-11,13-14H,12H2,(H,25,27). The van der Waals surface area contributed by atoms with Crippen LogP contribution in [0, 0.1) is 0 Å². The van der Waals surface area contributed by atoms with E-state index in [-0.39, 0.29) is 17.8 Å². The number of anilines is 1. The third-order valence-electron chi connectivity index (χ3n) is 4.35. The van der Waals surface area contributed by atoms with Gasteiger partial charge in [-0.1, -0.05) is 41.9 Å². The molecule has 0 spiro atoms. The zero-order chi connectivity index (χ0) is 19.5. The Bertz CT molecular complexity index is 1200. The van der Waals surface area contributed by atoms with E-state index in [9.17, 15) is 9.59 Å². The molecule has 1 heterocycles. The van der Waals surface area contributed by atoms with Gasteiger partial charge < -0.3 is 9.73 Å². The van der Waals surface area contributed by atoms with Crippen molar-refractivity contribution in [3.05, 3.63) is 99.7 Å². The van der Waals surface area contributed by atoms with E-state index in [2.05, 4.69) is 5.32 Å². The molecule has 4 rings (SSSR count). The highest BCUT2D eigenvalue weighted by Gasteiger charge is 2.10. The summed E-state index contributed by atoms with van der Waals surface area (Å²) in [5.74, 6) is 0.322. The topological polar surface area (TPSA) is 59.3 Å². The Labute approximate surface area is 166 Å². The first-order valence-electron chi connectivity index (χ1n) is 8.76. The molecule has 3 aromatic carbocycles. The summed E-state index contributed by atoms with van der Waals surface area (Å²) < 4.78 is 5.87. The number of fused-ring (bicyclic) bond motifs is 1. The SMILES string of the molecule is O=C(Cc1ccccc1)Nc1ccc2oc(-c3ccc(Cl)cc3)cc(=O)c2c1. The lowest BCUT2D eigenvalue weighted by Crippen LogP contribution is -2.14. The Morgan fingerprint density at radius 1 is 0.929 bits per heavy atom. The van der Waals surface area contributed by atoms with Crippen molar-refractivity contribution in [2.75, 3.05) is 5.32 Å². The zero-order valence-electron chi connectivity index (χ0n) is 14.8. The van der Waals surface area contributed by atoms with E-state index < -0.39 is 0 Å². The van der Waals surface area contributed by atoms with Crippen LogP contribution in [0.1, 0.15) is 5.56 Å². The molecule has 0 aliphatic carbocycles. The van der Waals surface area contributed by atoms with E-state index in [1.807, 2.05) is 30.3 Å². The Hall–Kier alpha value is -3.37. The second-order valence-electron chi connectivity index (χ2n) is 6.40. The number of carbonyl (C=O) groups excluding carboxylic acids is 1. The summed E-state index contributed by atoms with van der Waals surface area (Å²) in [5, 5.41) is 3.85. The van der Waals surface area contributed by atoms with Gasteiger partial charge in [0.2, 0.25) is 5.91 Å². The molecule has 0 atom stereocenters. The van der Waals surface area contributed by atoms with Gasteiger partial charge in [0.25, 0.3) is 0 Å². The molecule has 0 unspecified atom stereocenters. The average molecular weight is 390 g/mol. The lowest BCUT2D eigenvalue weighted by Gasteiger charge is -2.08. The van der Waals surface area contributed by atoms with Gasteiger partial charge in [0.15, 0.2) is 5.43 Å². The smallest absolute Gasteiger partial charge is 0.228 e. The Balaban J connectivity index is 1.60. The number of benzene rings is 3. The van der Waals surface area contributed by atoms with Crippen LogP contribution >= 0.6 is 11.6 Å². The Kier molecular flexibility index (Phi) is 4.96. The molecular formula is C23H16ClNO3. The van der Waals surface area contributed by atoms with Crippen molar-refractivity contribution in [2.24, 2.45) is 0 Å². The maximum absolute atomic E-state index is 12.6. The van der Waals surface area contributed by atoms with Crippen LogP contribution in [0.3, 0.4) is 0 Å². The Morgan fingerprint density at radius 2 is 1.68 bits per heavy atom. The first-order valence-corrected chi connectivity index (χ1v) is 9.14. The van der Waals surface area contributed by atoms with Crippen LogP contribution in [0.15, 0.2) is 88.1 Å². The fraction of sp³-hybridized carbons (Fsp3) is 0.0435. The summed E-state index contributed by atoms with van der Waals surface area (Å²) in [4.78, 5) is 24.8. The molecule has 138 valence electrons. The summed E-state index contributed by atoms with van der Waals surface area (Å²) in [6, 6.07) is 23.0.